The molecule has 0 N–H and O–H groups in total. The van der Waals surface area contributed by atoms with Crippen molar-refractivity contribution < 1.29 is 4.57 Å². The zero-order chi connectivity index (χ0) is 12.4. The molecule has 0 atom stereocenters. The van der Waals surface area contributed by atoms with Crippen molar-refractivity contribution in [2.24, 2.45) is 0 Å². The second-order valence-electron chi connectivity index (χ2n) is 4.34. The lowest BCUT2D eigenvalue weighted by molar-refractivity contribution is -0.663. The molecular formula is C15H16N3+. The summed E-state index contributed by atoms with van der Waals surface area (Å²) in [5.41, 5.74) is 3.61. The molecule has 90 valence electrons. The van der Waals surface area contributed by atoms with Crippen molar-refractivity contribution >= 4 is 11.0 Å². The third kappa shape index (κ3) is 1.88. The van der Waals surface area contributed by atoms with Crippen LogP contribution in [0.3, 0.4) is 0 Å². The molecule has 18 heavy (non-hydrogen) atoms. The molecule has 0 saturated heterocycles. The van der Waals surface area contributed by atoms with E-state index in [0.717, 1.165) is 18.8 Å². The summed E-state index contributed by atoms with van der Waals surface area (Å²) >= 11 is 0. The van der Waals surface area contributed by atoms with E-state index in [9.17, 15) is 0 Å². The molecule has 0 aliphatic rings. The molecule has 0 amide bonds. The smallest absolute Gasteiger partial charge is 0.245 e. The molecule has 0 saturated carbocycles. The fourth-order valence-corrected chi connectivity index (χ4v) is 2.29. The summed E-state index contributed by atoms with van der Waals surface area (Å²) in [6.45, 7) is 3.96. The lowest BCUT2D eigenvalue weighted by Crippen LogP contribution is -2.33. The van der Waals surface area contributed by atoms with Crippen molar-refractivity contribution in [3.63, 3.8) is 0 Å². The zero-order valence-corrected chi connectivity index (χ0v) is 10.5. The van der Waals surface area contributed by atoms with Gasteiger partial charge in [0, 0.05) is 6.20 Å². The van der Waals surface area contributed by atoms with Gasteiger partial charge in [-0.15, -0.1) is 0 Å². The maximum Gasteiger partial charge on any atom is 0.245 e. The fraction of sp³-hybridized carbons (Fsp3) is 0.200. The van der Waals surface area contributed by atoms with Gasteiger partial charge in [0.05, 0.1) is 12.2 Å². The molecular weight excluding hydrogens is 222 g/mol. The van der Waals surface area contributed by atoms with Gasteiger partial charge >= 0.3 is 0 Å². The number of hydrogen-bond donors (Lipinski definition) is 0. The van der Waals surface area contributed by atoms with Crippen LogP contribution in [0, 0.1) is 0 Å². The Morgan fingerprint density at radius 3 is 2.72 bits per heavy atom. The van der Waals surface area contributed by atoms with Gasteiger partial charge in [-0.3, -0.25) is 4.98 Å². The maximum absolute atomic E-state index is 4.39. The predicted molar refractivity (Wildman–Crippen MR) is 71.1 cm³/mol. The number of pyridine rings is 1. The largest absolute Gasteiger partial charge is 0.257 e. The predicted octanol–water partition coefficient (Wildman–Crippen LogP) is 2.39. The number of hydrogen-bond acceptors (Lipinski definition) is 1. The molecule has 3 heteroatoms. The molecule has 3 nitrogen and oxygen atoms in total. The van der Waals surface area contributed by atoms with Crippen LogP contribution in [0.25, 0.3) is 11.0 Å². The molecule has 0 unspecified atom stereocenters. The molecule has 0 spiro atoms. The first-order valence-corrected chi connectivity index (χ1v) is 6.25. The van der Waals surface area contributed by atoms with Crippen LogP contribution < -0.4 is 4.57 Å². The Bertz CT molecular complexity index is 656. The Hall–Kier alpha value is -2.16. The number of nitrogens with zero attached hydrogens (tertiary/aromatic N) is 3. The fourth-order valence-electron chi connectivity index (χ4n) is 2.29. The summed E-state index contributed by atoms with van der Waals surface area (Å²) in [7, 11) is 0. The summed E-state index contributed by atoms with van der Waals surface area (Å²) in [5.74, 6) is 0. The summed E-state index contributed by atoms with van der Waals surface area (Å²) in [5, 5.41) is 0. The highest BCUT2D eigenvalue weighted by molar-refractivity contribution is 5.71. The number of benzene rings is 1. The highest BCUT2D eigenvalue weighted by atomic mass is 15.1. The van der Waals surface area contributed by atoms with Gasteiger partial charge in [-0.1, -0.05) is 18.2 Å². The van der Waals surface area contributed by atoms with Crippen LogP contribution in [0.1, 0.15) is 12.6 Å². The van der Waals surface area contributed by atoms with E-state index in [4.69, 9.17) is 0 Å². The minimum Gasteiger partial charge on any atom is -0.257 e. The van der Waals surface area contributed by atoms with Crippen LogP contribution in [0.4, 0.5) is 0 Å². The second-order valence-corrected chi connectivity index (χ2v) is 4.34. The molecule has 0 fully saturated rings. The van der Waals surface area contributed by atoms with Gasteiger partial charge in [0.2, 0.25) is 6.33 Å². The van der Waals surface area contributed by atoms with Crippen molar-refractivity contribution in [1.29, 1.82) is 0 Å². The second kappa shape index (κ2) is 4.61. The summed E-state index contributed by atoms with van der Waals surface area (Å²) in [6.07, 6.45) is 4.01. The molecule has 0 aliphatic heterocycles. The lowest BCUT2D eigenvalue weighted by atomic mass is 10.3. The van der Waals surface area contributed by atoms with Crippen molar-refractivity contribution in [2.45, 2.75) is 20.0 Å². The van der Waals surface area contributed by atoms with Crippen molar-refractivity contribution in [1.82, 2.24) is 9.55 Å². The lowest BCUT2D eigenvalue weighted by Gasteiger charge is -1.96. The van der Waals surface area contributed by atoms with Gasteiger partial charge in [0.1, 0.15) is 6.54 Å². The Labute approximate surface area is 106 Å². The normalized spacial score (nSPS) is 10.9. The van der Waals surface area contributed by atoms with Crippen LogP contribution in [0.5, 0.6) is 0 Å². The first-order valence-electron chi connectivity index (χ1n) is 6.25. The SMILES string of the molecule is CCn1c[n+](Cc2ccccn2)c2ccccc21. The molecule has 1 aromatic carbocycles. The quantitative estimate of drug-likeness (QED) is 0.642. The van der Waals surface area contributed by atoms with Gasteiger partial charge < -0.3 is 0 Å². The molecule has 0 radical (unpaired) electrons. The summed E-state index contributed by atoms with van der Waals surface area (Å²) in [4.78, 5) is 4.39. The average Bonchev–Trinajstić information content (AvgIpc) is 2.78. The molecule has 0 aliphatic carbocycles. The van der Waals surface area contributed by atoms with Gasteiger partial charge in [-0.25, -0.2) is 9.13 Å². The number of aryl methyl sites for hydroxylation is 1. The van der Waals surface area contributed by atoms with Gasteiger partial charge in [-0.2, -0.15) is 0 Å². The van der Waals surface area contributed by atoms with Crippen LogP contribution in [0.2, 0.25) is 0 Å². The Balaban J connectivity index is 2.07. The standard InChI is InChI=1S/C15H16N3/c1-2-17-12-18(11-13-7-5-6-10-16-13)15-9-4-3-8-14(15)17/h3-10,12H,2,11H2,1H3/q+1. The Morgan fingerprint density at radius 1 is 1.11 bits per heavy atom. The van der Waals surface area contributed by atoms with Crippen LogP contribution >= 0.6 is 0 Å². The maximum atomic E-state index is 4.39. The highest BCUT2D eigenvalue weighted by Crippen LogP contribution is 2.10. The van der Waals surface area contributed by atoms with Crippen molar-refractivity contribution in [2.75, 3.05) is 0 Å². The van der Waals surface area contributed by atoms with Gasteiger partial charge in [-0.05, 0) is 31.2 Å². The van der Waals surface area contributed by atoms with E-state index >= 15 is 0 Å². The molecule has 3 rings (SSSR count). The molecule has 2 heterocycles. The number of aromatic nitrogens is 3. The van der Waals surface area contributed by atoms with E-state index in [1.54, 1.807) is 0 Å². The Morgan fingerprint density at radius 2 is 1.94 bits per heavy atom. The van der Waals surface area contributed by atoms with E-state index in [-0.39, 0.29) is 0 Å². The van der Waals surface area contributed by atoms with Gasteiger partial charge in [0.25, 0.3) is 0 Å². The average molecular weight is 238 g/mol. The number of fused-ring (bicyclic) bond motifs is 1. The van der Waals surface area contributed by atoms with Crippen molar-refractivity contribution in [3.8, 4) is 0 Å². The molecule has 3 aromatic rings. The zero-order valence-electron chi connectivity index (χ0n) is 10.5. The van der Waals surface area contributed by atoms with Crippen LogP contribution in [-0.2, 0) is 13.1 Å². The number of rotatable bonds is 3. The number of imidazole rings is 1. The van der Waals surface area contributed by atoms with E-state index in [2.05, 4.69) is 57.7 Å². The molecule has 2 aromatic heterocycles. The summed E-state index contributed by atoms with van der Waals surface area (Å²) < 4.78 is 4.51. The third-order valence-electron chi connectivity index (χ3n) is 3.18. The van der Waals surface area contributed by atoms with E-state index in [0.29, 0.717) is 0 Å². The van der Waals surface area contributed by atoms with E-state index in [1.165, 1.54) is 11.0 Å². The first-order chi connectivity index (χ1) is 8.88. The third-order valence-corrected chi connectivity index (χ3v) is 3.18. The Kier molecular flexibility index (Phi) is 2.81. The monoisotopic (exact) mass is 238 g/mol. The van der Waals surface area contributed by atoms with E-state index < -0.39 is 0 Å². The van der Waals surface area contributed by atoms with Crippen LogP contribution in [0.15, 0.2) is 55.0 Å². The minimum absolute atomic E-state index is 0.814. The number of para-hydroxylation sites is 2. The topological polar surface area (TPSA) is 21.7 Å². The van der Waals surface area contributed by atoms with E-state index in [1.807, 2.05) is 18.3 Å². The highest BCUT2D eigenvalue weighted by Gasteiger charge is 2.13. The first kappa shape index (κ1) is 11.0. The van der Waals surface area contributed by atoms with Crippen molar-refractivity contribution in [3.05, 3.63) is 60.7 Å². The minimum atomic E-state index is 0.814. The van der Waals surface area contributed by atoms with Gasteiger partial charge in [0.15, 0.2) is 11.0 Å². The van der Waals surface area contributed by atoms with Crippen LogP contribution in [-0.4, -0.2) is 9.55 Å². The summed E-state index contributed by atoms with van der Waals surface area (Å²) in [6, 6.07) is 14.5. The molecule has 0 bridgehead atoms.